The van der Waals surface area contributed by atoms with Crippen LogP contribution >= 0.6 is 0 Å². The van der Waals surface area contributed by atoms with E-state index in [1.54, 1.807) is 0 Å². The van der Waals surface area contributed by atoms with Crippen LogP contribution in [-0.2, 0) is 14.3 Å². The lowest BCUT2D eigenvalue weighted by Gasteiger charge is -2.09. The maximum atomic E-state index is 10.9. The molecule has 0 aromatic heterocycles. The van der Waals surface area contributed by atoms with E-state index in [2.05, 4.69) is 4.74 Å². The number of esters is 1. The zero-order valence-corrected chi connectivity index (χ0v) is 7.16. The predicted octanol–water partition coefficient (Wildman–Crippen LogP) is -1.11. The number of carbonyl (C=O) groups is 1. The molecular formula is C7H15NO4. The Kier molecular flexibility index (Phi) is 6.64. The van der Waals surface area contributed by atoms with Gasteiger partial charge >= 0.3 is 5.97 Å². The molecule has 0 amide bonds. The molecule has 12 heavy (non-hydrogen) atoms. The molecule has 0 unspecified atom stereocenters. The van der Waals surface area contributed by atoms with Crippen molar-refractivity contribution in [1.82, 2.24) is 0 Å². The first-order valence-corrected chi connectivity index (χ1v) is 3.74. The second kappa shape index (κ2) is 7.02. The number of methoxy groups -OCH3 is 1. The van der Waals surface area contributed by atoms with Gasteiger partial charge < -0.3 is 20.3 Å². The zero-order chi connectivity index (χ0) is 9.40. The summed E-state index contributed by atoms with van der Waals surface area (Å²) >= 11 is 0. The number of hydrogen-bond donors (Lipinski definition) is 2. The summed E-state index contributed by atoms with van der Waals surface area (Å²) in [6, 6.07) is -0.730. The molecule has 0 rings (SSSR count). The van der Waals surface area contributed by atoms with Crippen molar-refractivity contribution in [3.8, 4) is 0 Å². The Bertz CT molecular complexity index is 129. The van der Waals surface area contributed by atoms with Crippen molar-refractivity contribution in [2.75, 3.05) is 26.9 Å². The van der Waals surface area contributed by atoms with E-state index in [9.17, 15) is 4.79 Å². The van der Waals surface area contributed by atoms with Gasteiger partial charge in [-0.15, -0.1) is 0 Å². The fourth-order valence-corrected chi connectivity index (χ4v) is 0.590. The minimum absolute atomic E-state index is 0.111. The van der Waals surface area contributed by atoms with Crippen molar-refractivity contribution in [2.24, 2.45) is 5.73 Å². The molecule has 3 N–H and O–H groups in total. The summed E-state index contributed by atoms with van der Waals surface area (Å²) in [5.74, 6) is -0.499. The van der Waals surface area contributed by atoms with Crippen LogP contribution in [0.15, 0.2) is 0 Å². The van der Waals surface area contributed by atoms with Gasteiger partial charge in [-0.2, -0.15) is 0 Å². The Morgan fingerprint density at radius 1 is 1.58 bits per heavy atom. The summed E-state index contributed by atoms with van der Waals surface area (Å²) in [5, 5.41) is 8.44. The molecule has 0 spiro atoms. The summed E-state index contributed by atoms with van der Waals surface area (Å²) < 4.78 is 9.36. The van der Waals surface area contributed by atoms with Crippen LogP contribution in [0.3, 0.4) is 0 Å². The largest absolute Gasteiger partial charge is 0.462 e. The van der Waals surface area contributed by atoms with E-state index in [-0.39, 0.29) is 19.6 Å². The van der Waals surface area contributed by atoms with E-state index in [4.69, 9.17) is 15.6 Å². The highest BCUT2D eigenvalue weighted by molar-refractivity contribution is 5.75. The predicted molar refractivity (Wildman–Crippen MR) is 42.5 cm³/mol. The van der Waals surface area contributed by atoms with Crippen molar-refractivity contribution in [2.45, 2.75) is 12.5 Å². The first-order chi connectivity index (χ1) is 5.72. The van der Waals surface area contributed by atoms with Crippen LogP contribution in [-0.4, -0.2) is 44.0 Å². The lowest BCUT2D eigenvalue weighted by molar-refractivity contribution is -0.146. The molecule has 0 aliphatic heterocycles. The normalized spacial score (nSPS) is 12.6. The van der Waals surface area contributed by atoms with Gasteiger partial charge in [0.2, 0.25) is 0 Å². The summed E-state index contributed by atoms with van der Waals surface area (Å²) in [4.78, 5) is 10.9. The van der Waals surface area contributed by atoms with Gasteiger partial charge in [-0.1, -0.05) is 0 Å². The number of hydrogen-bond acceptors (Lipinski definition) is 5. The van der Waals surface area contributed by atoms with Crippen LogP contribution < -0.4 is 5.73 Å². The van der Waals surface area contributed by atoms with Gasteiger partial charge in [0, 0.05) is 13.7 Å². The molecule has 0 heterocycles. The molecule has 0 aromatic rings. The highest BCUT2D eigenvalue weighted by Crippen LogP contribution is 1.90. The quantitative estimate of drug-likeness (QED) is 0.397. The summed E-state index contributed by atoms with van der Waals surface area (Å²) in [5.41, 5.74) is 5.33. The van der Waals surface area contributed by atoms with E-state index in [0.717, 1.165) is 0 Å². The standard InChI is InChI=1S/C7H15NO4/c1-11-4-5-12-7(10)6(8)2-3-9/h6,9H,2-5,8H2,1H3/t6-/m1/s1. The number of ether oxygens (including phenoxy) is 2. The first kappa shape index (κ1) is 11.4. The highest BCUT2D eigenvalue weighted by Gasteiger charge is 2.13. The Morgan fingerprint density at radius 2 is 2.25 bits per heavy atom. The second-order valence-corrected chi connectivity index (χ2v) is 2.28. The van der Waals surface area contributed by atoms with Crippen LogP contribution in [0.2, 0.25) is 0 Å². The van der Waals surface area contributed by atoms with Gasteiger partial charge in [0.05, 0.1) is 6.61 Å². The molecular weight excluding hydrogens is 162 g/mol. The Balaban J connectivity index is 3.43. The fourth-order valence-electron chi connectivity index (χ4n) is 0.590. The molecule has 1 atom stereocenters. The van der Waals surface area contributed by atoms with E-state index in [1.165, 1.54) is 7.11 Å². The number of aliphatic hydroxyl groups is 1. The van der Waals surface area contributed by atoms with Crippen molar-refractivity contribution in [3.63, 3.8) is 0 Å². The zero-order valence-electron chi connectivity index (χ0n) is 7.16. The average molecular weight is 177 g/mol. The Morgan fingerprint density at radius 3 is 2.75 bits per heavy atom. The van der Waals surface area contributed by atoms with Crippen molar-refractivity contribution in [1.29, 1.82) is 0 Å². The topological polar surface area (TPSA) is 81.8 Å². The molecule has 0 aromatic carbocycles. The smallest absolute Gasteiger partial charge is 0.323 e. The van der Waals surface area contributed by atoms with Gasteiger partial charge in [-0.05, 0) is 6.42 Å². The number of aliphatic hydroxyl groups excluding tert-OH is 1. The second-order valence-electron chi connectivity index (χ2n) is 2.28. The Hall–Kier alpha value is -0.650. The van der Waals surface area contributed by atoms with Gasteiger partial charge in [0.15, 0.2) is 0 Å². The third-order valence-corrected chi connectivity index (χ3v) is 1.27. The number of carbonyl (C=O) groups excluding carboxylic acids is 1. The molecule has 0 fully saturated rings. The monoisotopic (exact) mass is 177 g/mol. The van der Waals surface area contributed by atoms with Gasteiger partial charge in [0.25, 0.3) is 0 Å². The molecule has 0 aliphatic rings. The van der Waals surface area contributed by atoms with Crippen molar-refractivity contribution in [3.05, 3.63) is 0 Å². The number of rotatable bonds is 6. The minimum atomic E-state index is -0.730. The Labute approximate surface area is 71.5 Å². The first-order valence-electron chi connectivity index (χ1n) is 3.74. The SMILES string of the molecule is COCCOC(=O)[C@H](N)CCO. The molecule has 5 nitrogen and oxygen atoms in total. The molecule has 0 saturated heterocycles. The van der Waals surface area contributed by atoms with E-state index < -0.39 is 12.0 Å². The molecule has 0 aliphatic carbocycles. The maximum absolute atomic E-state index is 10.9. The summed E-state index contributed by atoms with van der Waals surface area (Å²) in [6.07, 6.45) is 0.228. The van der Waals surface area contributed by atoms with Crippen molar-refractivity contribution >= 4 is 5.97 Å². The van der Waals surface area contributed by atoms with Gasteiger partial charge in [0.1, 0.15) is 12.6 Å². The van der Waals surface area contributed by atoms with Crippen LogP contribution in [0, 0.1) is 0 Å². The third kappa shape index (κ3) is 5.06. The van der Waals surface area contributed by atoms with Crippen molar-refractivity contribution < 1.29 is 19.4 Å². The summed E-state index contributed by atoms with van der Waals surface area (Å²) in [6.45, 7) is 0.451. The molecule has 0 saturated carbocycles. The maximum Gasteiger partial charge on any atom is 0.323 e. The van der Waals surface area contributed by atoms with E-state index >= 15 is 0 Å². The lowest BCUT2D eigenvalue weighted by Crippen LogP contribution is -2.33. The van der Waals surface area contributed by atoms with Crippen LogP contribution in [0.25, 0.3) is 0 Å². The molecule has 72 valence electrons. The van der Waals surface area contributed by atoms with Crippen LogP contribution in [0.1, 0.15) is 6.42 Å². The minimum Gasteiger partial charge on any atom is -0.462 e. The lowest BCUT2D eigenvalue weighted by atomic mass is 10.2. The highest BCUT2D eigenvalue weighted by atomic mass is 16.6. The fraction of sp³-hybridized carbons (Fsp3) is 0.857. The number of nitrogens with two attached hydrogens (primary N) is 1. The summed E-state index contributed by atoms with van der Waals surface area (Å²) in [7, 11) is 1.52. The molecule has 0 radical (unpaired) electrons. The van der Waals surface area contributed by atoms with Crippen LogP contribution in [0.4, 0.5) is 0 Å². The third-order valence-electron chi connectivity index (χ3n) is 1.27. The van der Waals surface area contributed by atoms with Gasteiger partial charge in [-0.25, -0.2) is 0 Å². The van der Waals surface area contributed by atoms with Crippen LogP contribution in [0.5, 0.6) is 0 Å². The average Bonchev–Trinajstić information content (AvgIpc) is 2.05. The van der Waals surface area contributed by atoms with E-state index in [0.29, 0.717) is 6.61 Å². The van der Waals surface area contributed by atoms with Gasteiger partial charge in [-0.3, -0.25) is 4.79 Å². The van der Waals surface area contributed by atoms with E-state index in [1.807, 2.05) is 0 Å². The molecule has 0 bridgehead atoms. The molecule has 5 heteroatoms.